The summed E-state index contributed by atoms with van der Waals surface area (Å²) in [6, 6.07) is -1.01. The van der Waals surface area contributed by atoms with E-state index in [1.165, 1.54) is 89.9 Å². The molecule has 0 rings (SSSR count). The standard InChI is InChI=1S/C43H79NO5/c1-3-5-7-9-11-13-15-16-17-18-19-20-21-22-23-24-25-27-29-31-33-35-37-41(47)43(49)44-39(38-45)42(48)40(46)36-34-32-30-28-26-14-12-10-8-6-4-2/h10,12,19-20,22-23,28,30,39-42,45-48H,3-9,11,13-18,21,24-27,29,31-38H2,1-2H3,(H,44,49)/b12-10+,20-19-,23-22-,30-28+. The third-order valence-corrected chi connectivity index (χ3v) is 9.24. The number of aliphatic hydroxyl groups is 4. The molecule has 1 amide bonds. The average molecular weight is 690 g/mol. The third-order valence-electron chi connectivity index (χ3n) is 9.24. The Hall–Kier alpha value is -1.73. The normalized spacial score (nSPS) is 14.8. The van der Waals surface area contributed by atoms with E-state index in [9.17, 15) is 25.2 Å². The van der Waals surface area contributed by atoms with Crippen molar-refractivity contribution in [2.24, 2.45) is 0 Å². The summed E-state index contributed by atoms with van der Waals surface area (Å²) < 4.78 is 0. The first kappa shape index (κ1) is 47.3. The van der Waals surface area contributed by atoms with Gasteiger partial charge in [-0.15, -0.1) is 0 Å². The molecule has 0 fully saturated rings. The van der Waals surface area contributed by atoms with Gasteiger partial charge in [0, 0.05) is 0 Å². The Morgan fingerprint density at radius 3 is 1.47 bits per heavy atom. The second kappa shape index (κ2) is 37.5. The van der Waals surface area contributed by atoms with E-state index in [1.807, 2.05) is 0 Å². The number of unbranched alkanes of at least 4 members (excludes halogenated alkanes) is 19. The van der Waals surface area contributed by atoms with Gasteiger partial charge in [0.05, 0.1) is 18.8 Å². The quantitative estimate of drug-likeness (QED) is 0.0332. The van der Waals surface area contributed by atoms with Gasteiger partial charge in [-0.25, -0.2) is 0 Å². The van der Waals surface area contributed by atoms with Crippen LogP contribution < -0.4 is 5.32 Å². The van der Waals surface area contributed by atoms with Gasteiger partial charge < -0.3 is 25.7 Å². The van der Waals surface area contributed by atoms with E-state index in [0.717, 1.165) is 64.2 Å². The minimum absolute atomic E-state index is 0.346. The number of nitrogens with one attached hydrogen (secondary N) is 1. The van der Waals surface area contributed by atoms with Crippen LogP contribution in [0.1, 0.15) is 187 Å². The van der Waals surface area contributed by atoms with Crippen LogP contribution in [0.25, 0.3) is 0 Å². The van der Waals surface area contributed by atoms with Gasteiger partial charge in [-0.3, -0.25) is 4.79 Å². The van der Waals surface area contributed by atoms with E-state index in [4.69, 9.17) is 0 Å². The number of hydrogen-bond acceptors (Lipinski definition) is 5. The number of hydrogen-bond donors (Lipinski definition) is 5. The first-order valence-corrected chi connectivity index (χ1v) is 20.5. The molecule has 0 radical (unpaired) electrons. The molecule has 4 unspecified atom stereocenters. The van der Waals surface area contributed by atoms with Crippen LogP contribution in [0, 0.1) is 0 Å². The van der Waals surface area contributed by atoms with Crippen molar-refractivity contribution in [1.82, 2.24) is 5.32 Å². The van der Waals surface area contributed by atoms with Crippen LogP contribution in [0.15, 0.2) is 48.6 Å². The molecule has 4 atom stereocenters. The molecule has 0 aliphatic heterocycles. The van der Waals surface area contributed by atoms with E-state index >= 15 is 0 Å². The van der Waals surface area contributed by atoms with Crippen LogP contribution in [0.3, 0.4) is 0 Å². The largest absolute Gasteiger partial charge is 0.394 e. The molecule has 286 valence electrons. The second-order valence-corrected chi connectivity index (χ2v) is 14.0. The Morgan fingerprint density at radius 2 is 0.939 bits per heavy atom. The van der Waals surface area contributed by atoms with Gasteiger partial charge in [0.25, 0.3) is 0 Å². The maximum absolute atomic E-state index is 12.5. The molecule has 0 aliphatic rings. The molecule has 6 nitrogen and oxygen atoms in total. The molecule has 0 bridgehead atoms. The van der Waals surface area contributed by atoms with Crippen molar-refractivity contribution in [2.45, 2.75) is 212 Å². The highest BCUT2D eigenvalue weighted by Gasteiger charge is 2.28. The van der Waals surface area contributed by atoms with Gasteiger partial charge >= 0.3 is 0 Å². The van der Waals surface area contributed by atoms with Crippen LogP contribution in [-0.4, -0.2) is 57.3 Å². The van der Waals surface area contributed by atoms with Crippen molar-refractivity contribution >= 4 is 5.91 Å². The summed E-state index contributed by atoms with van der Waals surface area (Å²) >= 11 is 0. The van der Waals surface area contributed by atoms with Gasteiger partial charge in [-0.2, -0.15) is 0 Å². The Labute approximate surface area is 302 Å². The van der Waals surface area contributed by atoms with Gasteiger partial charge in [-0.05, 0) is 77.0 Å². The zero-order chi connectivity index (χ0) is 36.0. The summed E-state index contributed by atoms with van der Waals surface area (Å²) in [5.41, 5.74) is 0. The first-order chi connectivity index (χ1) is 24.0. The smallest absolute Gasteiger partial charge is 0.249 e. The average Bonchev–Trinajstić information content (AvgIpc) is 3.11. The lowest BCUT2D eigenvalue weighted by molar-refractivity contribution is -0.132. The number of rotatable bonds is 36. The first-order valence-electron chi connectivity index (χ1n) is 20.5. The van der Waals surface area contributed by atoms with E-state index in [2.05, 4.69) is 67.8 Å². The van der Waals surface area contributed by atoms with Gasteiger partial charge in [0.1, 0.15) is 12.2 Å². The highest BCUT2D eigenvalue weighted by molar-refractivity contribution is 5.80. The maximum Gasteiger partial charge on any atom is 0.249 e. The third kappa shape index (κ3) is 32.0. The Bertz CT molecular complexity index is 823. The van der Waals surface area contributed by atoms with Crippen molar-refractivity contribution in [3.05, 3.63) is 48.6 Å². The lowest BCUT2D eigenvalue weighted by Crippen LogP contribution is -2.53. The SMILES string of the molecule is CCCC/C=C/CC/C=C/CCCC(O)C(O)C(CO)NC(=O)C(O)CCCCCCCC/C=C\C/C=C\CCCCCCCCCCC. The fourth-order valence-electron chi connectivity index (χ4n) is 5.91. The van der Waals surface area contributed by atoms with Crippen molar-refractivity contribution in [3.63, 3.8) is 0 Å². The molecule has 0 aliphatic carbocycles. The minimum Gasteiger partial charge on any atom is -0.394 e. The Balaban J connectivity index is 3.81. The van der Waals surface area contributed by atoms with Gasteiger partial charge in [-0.1, -0.05) is 159 Å². The topological polar surface area (TPSA) is 110 Å². The molecule has 0 aromatic rings. The molecule has 0 heterocycles. The van der Waals surface area contributed by atoms with Crippen LogP contribution >= 0.6 is 0 Å². The Morgan fingerprint density at radius 1 is 0.510 bits per heavy atom. The summed E-state index contributed by atoms with van der Waals surface area (Å²) in [6.07, 6.45) is 44.3. The fraction of sp³-hybridized carbons (Fsp3) is 0.791. The molecule has 0 aromatic carbocycles. The monoisotopic (exact) mass is 690 g/mol. The Kier molecular flexibility index (Phi) is 36.2. The van der Waals surface area contributed by atoms with Crippen molar-refractivity contribution in [2.75, 3.05) is 6.61 Å². The second-order valence-electron chi connectivity index (χ2n) is 14.0. The van der Waals surface area contributed by atoms with Gasteiger partial charge in [0.15, 0.2) is 0 Å². The predicted octanol–water partition coefficient (Wildman–Crippen LogP) is 10.3. The van der Waals surface area contributed by atoms with E-state index in [0.29, 0.717) is 19.3 Å². The van der Waals surface area contributed by atoms with Crippen LogP contribution in [0.4, 0.5) is 0 Å². The molecule has 6 heteroatoms. The molecule has 0 aromatic heterocycles. The van der Waals surface area contributed by atoms with Crippen LogP contribution in [0.2, 0.25) is 0 Å². The summed E-state index contributed by atoms with van der Waals surface area (Å²) in [4.78, 5) is 12.5. The molecule has 0 saturated heterocycles. The lowest BCUT2D eigenvalue weighted by atomic mass is 10.00. The predicted molar refractivity (Wildman–Crippen MR) is 210 cm³/mol. The van der Waals surface area contributed by atoms with Crippen molar-refractivity contribution < 1.29 is 25.2 Å². The fourth-order valence-corrected chi connectivity index (χ4v) is 5.91. The van der Waals surface area contributed by atoms with E-state index in [1.54, 1.807) is 0 Å². The number of allylic oxidation sites excluding steroid dienone is 8. The number of carbonyl (C=O) groups excluding carboxylic acids is 1. The minimum atomic E-state index is -1.29. The number of carbonyl (C=O) groups is 1. The van der Waals surface area contributed by atoms with E-state index in [-0.39, 0.29) is 0 Å². The maximum atomic E-state index is 12.5. The summed E-state index contributed by atoms with van der Waals surface area (Å²) in [7, 11) is 0. The zero-order valence-corrected chi connectivity index (χ0v) is 31.9. The zero-order valence-electron chi connectivity index (χ0n) is 31.9. The van der Waals surface area contributed by atoms with Crippen LogP contribution in [0.5, 0.6) is 0 Å². The molecule has 49 heavy (non-hydrogen) atoms. The molecular weight excluding hydrogens is 610 g/mol. The molecule has 0 saturated carbocycles. The highest BCUT2D eigenvalue weighted by atomic mass is 16.3. The van der Waals surface area contributed by atoms with Crippen LogP contribution in [-0.2, 0) is 4.79 Å². The van der Waals surface area contributed by atoms with Crippen molar-refractivity contribution in [1.29, 1.82) is 0 Å². The number of aliphatic hydroxyl groups excluding tert-OH is 4. The molecular formula is C43H79NO5. The lowest BCUT2D eigenvalue weighted by Gasteiger charge is -2.27. The molecule has 0 spiro atoms. The van der Waals surface area contributed by atoms with Crippen molar-refractivity contribution in [3.8, 4) is 0 Å². The summed E-state index contributed by atoms with van der Waals surface area (Å²) in [6.45, 7) is 3.96. The summed E-state index contributed by atoms with van der Waals surface area (Å²) in [5.74, 6) is -0.609. The van der Waals surface area contributed by atoms with E-state index < -0.39 is 36.9 Å². The molecule has 5 N–H and O–H groups in total. The van der Waals surface area contributed by atoms with Gasteiger partial charge in [0.2, 0.25) is 5.91 Å². The highest BCUT2D eigenvalue weighted by Crippen LogP contribution is 2.14. The number of amides is 1. The summed E-state index contributed by atoms with van der Waals surface area (Å²) in [5, 5.41) is 43.4.